The van der Waals surface area contributed by atoms with E-state index >= 15 is 0 Å². The molecule has 1 saturated heterocycles. The van der Waals surface area contributed by atoms with Gasteiger partial charge in [0.2, 0.25) is 5.91 Å². The van der Waals surface area contributed by atoms with Gasteiger partial charge in [0, 0.05) is 25.0 Å². The van der Waals surface area contributed by atoms with Crippen LogP contribution in [0.5, 0.6) is 0 Å². The highest BCUT2D eigenvalue weighted by molar-refractivity contribution is 5.85. The van der Waals surface area contributed by atoms with Crippen LogP contribution in [0, 0.1) is 11.3 Å². The number of halogens is 1. The maximum Gasteiger partial charge on any atom is 0.226 e. The van der Waals surface area contributed by atoms with Crippen molar-refractivity contribution in [1.82, 2.24) is 10.2 Å². The summed E-state index contributed by atoms with van der Waals surface area (Å²) >= 11 is 0. The quantitative estimate of drug-likeness (QED) is 0.822. The predicted octanol–water partition coefficient (Wildman–Crippen LogP) is 1.66. The van der Waals surface area contributed by atoms with E-state index in [1.54, 1.807) is 0 Å². The first-order chi connectivity index (χ1) is 7.10. The molecule has 1 aliphatic heterocycles. The summed E-state index contributed by atoms with van der Waals surface area (Å²) in [6, 6.07) is 0.514. The Morgan fingerprint density at radius 2 is 2.25 bits per heavy atom. The van der Waals surface area contributed by atoms with Crippen LogP contribution >= 0.6 is 12.4 Å². The number of likely N-dealkylation sites (tertiary alicyclic amines) is 1. The molecule has 0 spiro atoms. The molecule has 0 aromatic carbocycles. The van der Waals surface area contributed by atoms with Crippen LogP contribution in [0.15, 0.2) is 0 Å². The minimum absolute atomic E-state index is 0. The van der Waals surface area contributed by atoms with E-state index in [-0.39, 0.29) is 12.4 Å². The number of nitrogens with one attached hydrogen (secondary N) is 1. The van der Waals surface area contributed by atoms with Crippen LogP contribution in [0.3, 0.4) is 0 Å². The molecule has 0 radical (unpaired) electrons. The summed E-state index contributed by atoms with van der Waals surface area (Å²) in [4.78, 5) is 14.2. The fraction of sp³-hybridized carbons (Fsp3) is 0.917. The summed E-state index contributed by atoms with van der Waals surface area (Å²) in [5.41, 5.74) is 0.314. The highest BCUT2D eigenvalue weighted by Crippen LogP contribution is 2.55. The summed E-state index contributed by atoms with van der Waals surface area (Å²) in [6.07, 6.45) is 3.34. The van der Waals surface area contributed by atoms with Crippen molar-refractivity contribution in [2.24, 2.45) is 11.3 Å². The Hall–Kier alpha value is -0.280. The zero-order valence-corrected chi connectivity index (χ0v) is 11.3. The molecule has 0 bridgehead atoms. The lowest BCUT2D eigenvalue weighted by Crippen LogP contribution is -2.35. The maximum absolute atomic E-state index is 12.1. The molecular weight excluding hydrogens is 224 g/mol. The fourth-order valence-electron chi connectivity index (χ4n) is 2.60. The number of rotatable bonds is 3. The third kappa shape index (κ3) is 2.35. The lowest BCUT2D eigenvalue weighted by molar-refractivity contribution is -0.132. The lowest BCUT2D eigenvalue weighted by Gasteiger charge is -2.18. The van der Waals surface area contributed by atoms with Gasteiger partial charge in [0.1, 0.15) is 0 Å². The van der Waals surface area contributed by atoms with Crippen LogP contribution < -0.4 is 5.32 Å². The lowest BCUT2D eigenvalue weighted by atomic mass is 10.0. The van der Waals surface area contributed by atoms with E-state index in [1.165, 1.54) is 0 Å². The Kier molecular flexibility index (Phi) is 4.24. The number of hydrogen-bond acceptors (Lipinski definition) is 2. The molecule has 2 rings (SSSR count). The number of likely N-dealkylation sites (N-methyl/N-ethyl adjacent to an activating group) is 1. The van der Waals surface area contributed by atoms with Crippen molar-refractivity contribution >= 4 is 18.3 Å². The standard InChI is InChI=1S/C12H22N2O.ClH/c1-4-12(2)7-10(12)11(15)14-6-5-9(8-14)13-3;/h9-10,13H,4-8H2,1-3H3;1H. The second-order valence-electron chi connectivity index (χ2n) is 5.32. The second kappa shape index (κ2) is 4.92. The van der Waals surface area contributed by atoms with Crippen molar-refractivity contribution in [1.29, 1.82) is 0 Å². The molecule has 16 heavy (non-hydrogen) atoms. The van der Waals surface area contributed by atoms with E-state index in [1.807, 2.05) is 11.9 Å². The molecule has 94 valence electrons. The third-order valence-electron chi connectivity index (χ3n) is 4.37. The molecule has 1 aliphatic carbocycles. The molecule has 2 fully saturated rings. The topological polar surface area (TPSA) is 32.3 Å². The smallest absolute Gasteiger partial charge is 0.226 e. The molecule has 0 aromatic heterocycles. The van der Waals surface area contributed by atoms with Crippen LogP contribution in [-0.4, -0.2) is 37.0 Å². The highest BCUT2D eigenvalue weighted by Gasteiger charge is 2.54. The molecule has 2 aliphatic rings. The zero-order chi connectivity index (χ0) is 11.1. The van der Waals surface area contributed by atoms with Crippen molar-refractivity contribution in [3.63, 3.8) is 0 Å². The Morgan fingerprint density at radius 3 is 2.69 bits per heavy atom. The first kappa shape index (κ1) is 13.8. The maximum atomic E-state index is 12.1. The van der Waals surface area contributed by atoms with Crippen molar-refractivity contribution in [3.8, 4) is 0 Å². The Labute approximate surface area is 104 Å². The molecule has 1 saturated carbocycles. The summed E-state index contributed by atoms with van der Waals surface area (Å²) < 4.78 is 0. The van der Waals surface area contributed by atoms with Crippen molar-refractivity contribution in [2.75, 3.05) is 20.1 Å². The van der Waals surface area contributed by atoms with Crippen LogP contribution in [0.1, 0.15) is 33.1 Å². The number of amides is 1. The first-order valence-corrected chi connectivity index (χ1v) is 6.07. The zero-order valence-electron chi connectivity index (χ0n) is 10.5. The number of nitrogens with zero attached hydrogens (tertiary/aromatic N) is 1. The molecule has 3 nitrogen and oxygen atoms in total. The van der Waals surface area contributed by atoms with E-state index in [4.69, 9.17) is 0 Å². The molecule has 1 amide bonds. The van der Waals surface area contributed by atoms with Crippen molar-refractivity contribution in [2.45, 2.75) is 39.2 Å². The minimum atomic E-state index is 0. The fourth-order valence-corrected chi connectivity index (χ4v) is 2.60. The Bertz CT molecular complexity index is 272. The highest BCUT2D eigenvalue weighted by atomic mass is 35.5. The van der Waals surface area contributed by atoms with E-state index in [9.17, 15) is 4.79 Å². The Morgan fingerprint density at radius 1 is 1.56 bits per heavy atom. The summed E-state index contributed by atoms with van der Waals surface area (Å²) in [5.74, 6) is 0.718. The SMILES string of the molecule is CCC1(C)CC1C(=O)N1CCC(NC)C1.Cl. The van der Waals surface area contributed by atoms with Gasteiger partial charge >= 0.3 is 0 Å². The van der Waals surface area contributed by atoms with Crippen molar-refractivity contribution < 1.29 is 4.79 Å². The average molecular weight is 247 g/mol. The summed E-state index contributed by atoms with van der Waals surface area (Å²) in [6.45, 7) is 6.28. The van der Waals surface area contributed by atoms with Gasteiger partial charge in [0.05, 0.1) is 0 Å². The molecule has 1 N–H and O–H groups in total. The van der Waals surface area contributed by atoms with Crippen LogP contribution in [0.25, 0.3) is 0 Å². The van der Waals surface area contributed by atoms with Crippen LogP contribution in [0.2, 0.25) is 0 Å². The van der Waals surface area contributed by atoms with E-state index in [2.05, 4.69) is 19.2 Å². The van der Waals surface area contributed by atoms with Gasteiger partial charge in [0.15, 0.2) is 0 Å². The molecule has 3 unspecified atom stereocenters. The van der Waals surface area contributed by atoms with Gasteiger partial charge in [-0.3, -0.25) is 4.79 Å². The van der Waals surface area contributed by atoms with Gasteiger partial charge in [-0.25, -0.2) is 0 Å². The van der Waals surface area contributed by atoms with Gasteiger partial charge < -0.3 is 10.2 Å². The molecule has 0 aromatic rings. The van der Waals surface area contributed by atoms with E-state index in [0.29, 0.717) is 23.3 Å². The van der Waals surface area contributed by atoms with Crippen LogP contribution in [0.4, 0.5) is 0 Å². The number of carbonyl (C=O) groups excluding carboxylic acids is 1. The molecular formula is C12H23ClN2O. The number of carbonyl (C=O) groups is 1. The average Bonchev–Trinajstić information content (AvgIpc) is 2.74. The van der Waals surface area contributed by atoms with Gasteiger partial charge in [-0.05, 0) is 31.7 Å². The van der Waals surface area contributed by atoms with Gasteiger partial charge in [0.25, 0.3) is 0 Å². The van der Waals surface area contributed by atoms with Gasteiger partial charge in [-0.2, -0.15) is 0 Å². The molecule has 4 heteroatoms. The summed E-state index contributed by atoms with van der Waals surface area (Å²) in [5, 5.41) is 3.25. The minimum Gasteiger partial charge on any atom is -0.341 e. The number of hydrogen-bond donors (Lipinski definition) is 1. The Balaban J connectivity index is 0.00000128. The second-order valence-corrected chi connectivity index (χ2v) is 5.32. The van der Waals surface area contributed by atoms with E-state index in [0.717, 1.165) is 32.4 Å². The van der Waals surface area contributed by atoms with Gasteiger partial charge in [-0.1, -0.05) is 13.8 Å². The summed E-state index contributed by atoms with van der Waals surface area (Å²) in [7, 11) is 1.98. The van der Waals surface area contributed by atoms with E-state index < -0.39 is 0 Å². The largest absolute Gasteiger partial charge is 0.341 e. The molecule has 3 atom stereocenters. The molecule has 1 heterocycles. The van der Waals surface area contributed by atoms with Crippen LogP contribution in [-0.2, 0) is 4.79 Å². The predicted molar refractivity (Wildman–Crippen MR) is 67.8 cm³/mol. The normalized spacial score (nSPS) is 37.1. The van der Waals surface area contributed by atoms with Gasteiger partial charge in [-0.15, -0.1) is 12.4 Å². The monoisotopic (exact) mass is 246 g/mol. The third-order valence-corrected chi connectivity index (χ3v) is 4.37. The van der Waals surface area contributed by atoms with Crippen molar-refractivity contribution in [3.05, 3.63) is 0 Å². The first-order valence-electron chi connectivity index (χ1n) is 6.07.